The molecular formula is C16H18O4. The molecule has 0 spiro atoms. The van der Waals surface area contributed by atoms with E-state index in [1.54, 1.807) is 6.07 Å². The predicted molar refractivity (Wildman–Crippen MR) is 76.5 cm³/mol. The third-order valence-corrected chi connectivity index (χ3v) is 2.72. The maximum absolute atomic E-state index is 11.8. The van der Waals surface area contributed by atoms with E-state index in [9.17, 15) is 9.59 Å². The summed E-state index contributed by atoms with van der Waals surface area (Å²) in [6.45, 7) is 5.43. The van der Waals surface area contributed by atoms with Crippen LogP contribution in [0.2, 0.25) is 0 Å². The molecule has 1 N–H and O–H groups in total. The number of hydrogen-bond donors (Lipinski definition) is 1. The van der Waals surface area contributed by atoms with Gasteiger partial charge in [-0.25, -0.2) is 9.59 Å². The zero-order valence-corrected chi connectivity index (χ0v) is 11.5. The van der Waals surface area contributed by atoms with Crippen molar-refractivity contribution >= 4 is 11.9 Å². The molecule has 0 saturated heterocycles. The van der Waals surface area contributed by atoms with Crippen molar-refractivity contribution in [3.63, 3.8) is 0 Å². The normalized spacial score (nSPS) is 10.4. The molecule has 0 bridgehead atoms. The minimum atomic E-state index is -1.01. The summed E-state index contributed by atoms with van der Waals surface area (Å²) in [5.74, 6) is -1.49. The first kappa shape index (κ1) is 15.7. The number of rotatable bonds is 7. The van der Waals surface area contributed by atoms with Crippen molar-refractivity contribution in [2.45, 2.75) is 26.2 Å². The lowest BCUT2D eigenvalue weighted by Crippen LogP contribution is -2.06. The van der Waals surface area contributed by atoms with E-state index in [0.717, 1.165) is 36.3 Å². The fourth-order valence-corrected chi connectivity index (χ4v) is 1.89. The van der Waals surface area contributed by atoms with E-state index in [1.165, 1.54) is 6.08 Å². The maximum atomic E-state index is 11.8. The van der Waals surface area contributed by atoms with Gasteiger partial charge in [-0.1, -0.05) is 38.1 Å². The molecule has 1 aromatic carbocycles. The van der Waals surface area contributed by atoms with Crippen LogP contribution in [0.1, 0.15) is 34.8 Å². The van der Waals surface area contributed by atoms with E-state index in [1.807, 2.05) is 12.1 Å². The number of carboxylic acids is 1. The highest BCUT2D eigenvalue weighted by molar-refractivity contribution is 5.91. The van der Waals surface area contributed by atoms with Gasteiger partial charge in [0.1, 0.15) is 0 Å². The fraction of sp³-hybridized carbons (Fsp3) is 0.250. The lowest BCUT2D eigenvalue weighted by atomic mass is 9.99. The molecule has 4 heteroatoms. The summed E-state index contributed by atoms with van der Waals surface area (Å²) in [5.41, 5.74) is 2.29. The number of aryl methyl sites for hydroxylation is 1. The van der Waals surface area contributed by atoms with Gasteiger partial charge in [-0.2, -0.15) is 0 Å². The Kier molecular flexibility index (Phi) is 6.23. The first-order valence-electron chi connectivity index (χ1n) is 6.41. The number of ether oxygens (including phenoxy) is 1. The summed E-state index contributed by atoms with van der Waals surface area (Å²) in [4.78, 5) is 22.3. The Labute approximate surface area is 118 Å². The predicted octanol–water partition coefficient (Wildman–Crippen LogP) is 3.12. The highest BCUT2D eigenvalue weighted by Gasteiger charge is 2.12. The largest absolute Gasteiger partial charge is 0.478 e. The van der Waals surface area contributed by atoms with Gasteiger partial charge in [-0.05, 0) is 30.0 Å². The molecule has 0 saturated carbocycles. The SMILES string of the molecule is C=COC(=O)c1ccc(CCC)cc1C/C=C/C(=O)O. The van der Waals surface area contributed by atoms with E-state index < -0.39 is 11.9 Å². The molecule has 1 rings (SSSR count). The second kappa shape index (κ2) is 7.94. The second-order valence-corrected chi connectivity index (χ2v) is 4.26. The van der Waals surface area contributed by atoms with Gasteiger partial charge in [-0.15, -0.1) is 0 Å². The number of aliphatic carboxylic acids is 1. The van der Waals surface area contributed by atoms with Crippen LogP contribution in [0.5, 0.6) is 0 Å². The minimum Gasteiger partial charge on any atom is -0.478 e. The van der Waals surface area contributed by atoms with Crippen molar-refractivity contribution in [1.29, 1.82) is 0 Å². The van der Waals surface area contributed by atoms with Gasteiger partial charge in [0, 0.05) is 6.08 Å². The summed E-state index contributed by atoms with van der Waals surface area (Å²) >= 11 is 0. The molecular weight excluding hydrogens is 256 g/mol. The molecule has 0 heterocycles. The third-order valence-electron chi connectivity index (χ3n) is 2.72. The zero-order valence-electron chi connectivity index (χ0n) is 11.5. The van der Waals surface area contributed by atoms with Crippen LogP contribution in [-0.4, -0.2) is 17.0 Å². The van der Waals surface area contributed by atoms with Gasteiger partial charge in [0.15, 0.2) is 0 Å². The first-order valence-corrected chi connectivity index (χ1v) is 6.41. The molecule has 0 aliphatic rings. The molecule has 0 aromatic heterocycles. The van der Waals surface area contributed by atoms with Crippen LogP contribution in [0.25, 0.3) is 0 Å². The lowest BCUT2D eigenvalue weighted by Gasteiger charge is -2.08. The van der Waals surface area contributed by atoms with Crippen molar-refractivity contribution in [2.24, 2.45) is 0 Å². The fourth-order valence-electron chi connectivity index (χ4n) is 1.89. The highest BCUT2D eigenvalue weighted by atomic mass is 16.5. The number of carboxylic acid groups (broad SMARTS) is 1. The van der Waals surface area contributed by atoms with Gasteiger partial charge in [-0.3, -0.25) is 0 Å². The molecule has 0 aliphatic carbocycles. The minimum absolute atomic E-state index is 0.366. The molecule has 0 atom stereocenters. The van der Waals surface area contributed by atoms with E-state index in [0.29, 0.717) is 12.0 Å². The van der Waals surface area contributed by atoms with Crippen molar-refractivity contribution in [3.8, 4) is 0 Å². The van der Waals surface area contributed by atoms with Gasteiger partial charge < -0.3 is 9.84 Å². The van der Waals surface area contributed by atoms with E-state index >= 15 is 0 Å². The van der Waals surface area contributed by atoms with Crippen LogP contribution in [-0.2, 0) is 22.4 Å². The Hall–Kier alpha value is -2.36. The van der Waals surface area contributed by atoms with E-state index in [-0.39, 0.29) is 0 Å². The Balaban J connectivity index is 3.05. The molecule has 0 radical (unpaired) electrons. The van der Waals surface area contributed by atoms with Gasteiger partial charge >= 0.3 is 11.9 Å². The smallest absolute Gasteiger partial charge is 0.343 e. The third kappa shape index (κ3) is 4.72. The number of carbonyl (C=O) groups excluding carboxylic acids is 1. The molecule has 20 heavy (non-hydrogen) atoms. The summed E-state index contributed by atoms with van der Waals surface area (Å²) in [7, 11) is 0. The van der Waals surface area contributed by atoms with Crippen LogP contribution < -0.4 is 0 Å². The molecule has 0 amide bonds. The number of benzene rings is 1. The van der Waals surface area contributed by atoms with Crippen LogP contribution in [0.15, 0.2) is 43.2 Å². The highest BCUT2D eigenvalue weighted by Crippen LogP contribution is 2.16. The van der Waals surface area contributed by atoms with E-state index in [2.05, 4.69) is 13.5 Å². The quantitative estimate of drug-likeness (QED) is 0.471. The maximum Gasteiger partial charge on any atom is 0.343 e. The molecule has 1 aromatic rings. The van der Waals surface area contributed by atoms with Gasteiger partial charge in [0.05, 0.1) is 11.8 Å². The molecule has 0 aliphatic heterocycles. The average Bonchev–Trinajstić information content (AvgIpc) is 2.39. The van der Waals surface area contributed by atoms with Crippen LogP contribution in [0, 0.1) is 0 Å². The Morgan fingerprint density at radius 2 is 2.15 bits per heavy atom. The summed E-state index contributed by atoms with van der Waals surface area (Å²) < 4.78 is 4.78. The van der Waals surface area contributed by atoms with Crippen molar-refractivity contribution in [2.75, 3.05) is 0 Å². The van der Waals surface area contributed by atoms with Crippen LogP contribution in [0.3, 0.4) is 0 Å². The lowest BCUT2D eigenvalue weighted by molar-refractivity contribution is -0.131. The van der Waals surface area contributed by atoms with Crippen molar-refractivity contribution in [3.05, 3.63) is 59.9 Å². The number of hydrogen-bond acceptors (Lipinski definition) is 3. The standard InChI is InChI=1S/C16H18O4/c1-3-6-12-9-10-14(16(19)20-4-2)13(11-12)7-5-8-15(17)18/h4-5,8-11H,2-3,6-7H2,1H3,(H,17,18)/b8-5+. The van der Waals surface area contributed by atoms with Crippen molar-refractivity contribution in [1.82, 2.24) is 0 Å². The van der Waals surface area contributed by atoms with Gasteiger partial charge in [0.2, 0.25) is 0 Å². The number of carbonyl (C=O) groups is 2. The first-order chi connectivity index (χ1) is 9.58. The summed E-state index contributed by atoms with van der Waals surface area (Å²) in [6, 6.07) is 5.50. The van der Waals surface area contributed by atoms with Crippen molar-refractivity contribution < 1.29 is 19.4 Å². The zero-order chi connectivity index (χ0) is 15.0. The molecule has 106 valence electrons. The average molecular weight is 274 g/mol. The number of allylic oxidation sites excluding steroid dienone is 1. The Morgan fingerprint density at radius 3 is 2.75 bits per heavy atom. The Morgan fingerprint density at radius 1 is 1.40 bits per heavy atom. The number of esters is 1. The Bertz CT molecular complexity index is 529. The summed E-state index contributed by atoms with van der Waals surface area (Å²) in [6.07, 6.45) is 5.94. The topological polar surface area (TPSA) is 63.6 Å². The summed E-state index contributed by atoms with van der Waals surface area (Å²) in [5, 5.41) is 8.60. The van der Waals surface area contributed by atoms with E-state index in [4.69, 9.17) is 9.84 Å². The molecule has 0 fully saturated rings. The second-order valence-electron chi connectivity index (χ2n) is 4.26. The van der Waals surface area contributed by atoms with Gasteiger partial charge in [0.25, 0.3) is 0 Å². The molecule has 4 nitrogen and oxygen atoms in total. The van der Waals surface area contributed by atoms with Crippen LogP contribution >= 0.6 is 0 Å². The molecule has 0 unspecified atom stereocenters. The monoisotopic (exact) mass is 274 g/mol. The van der Waals surface area contributed by atoms with Crippen LogP contribution in [0.4, 0.5) is 0 Å².